The van der Waals surface area contributed by atoms with Gasteiger partial charge in [0.2, 0.25) is 11.8 Å². The molecule has 8 heteroatoms. The van der Waals surface area contributed by atoms with Crippen LogP contribution in [0.25, 0.3) is 0 Å². The van der Waals surface area contributed by atoms with Crippen molar-refractivity contribution in [2.45, 2.75) is 89.0 Å². The number of rotatable bonds is 13. The average Bonchev–Trinajstić information content (AvgIpc) is 3.07. The monoisotopic (exact) mass is 677 g/mol. The number of nitrogens with two attached hydrogens (primary N) is 1. The molecule has 0 fully saturated rings. The second kappa shape index (κ2) is 16.2. The van der Waals surface area contributed by atoms with Crippen molar-refractivity contribution in [3.63, 3.8) is 0 Å². The SMILES string of the molecule is CC(C)(C)[Si](OC(=O)[C@H](Cc1ccccc1)NC(=O)[C@H](Cc1ccccc1)NC(=O)[C@@H](N)Cc1ccccc1)(c1ccccc1)C(C)(C)C. The first-order chi connectivity index (χ1) is 23.2. The van der Waals surface area contributed by atoms with Crippen LogP contribution in [0.3, 0.4) is 0 Å². The molecule has 258 valence electrons. The molecular formula is C41H51N3O4Si. The number of amides is 2. The lowest BCUT2D eigenvalue weighted by atomic mass is 10.0. The fraction of sp³-hybridized carbons (Fsp3) is 0.341. The number of benzene rings is 4. The molecule has 4 N–H and O–H groups in total. The van der Waals surface area contributed by atoms with E-state index in [4.69, 9.17) is 10.2 Å². The van der Waals surface area contributed by atoms with Crippen LogP contribution in [0.2, 0.25) is 10.1 Å². The zero-order valence-corrected chi connectivity index (χ0v) is 30.6. The molecule has 0 aromatic heterocycles. The Hall–Kier alpha value is -4.53. The van der Waals surface area contributed by atoms with Crippen LogP contribution >= 0.6 is 0 Å². The summed E-state index contributed by atoms with van der Waals surface area (Å²) in [4.78, 5) is 42.2. The van der Waals surface area contributed by atoms with Gasteiger partial charge in [-0.25, -0.2) is 0 Å². The van der Waals surface area contributed by atoms with Gasteiger partial charge in [0.15, 0.2) is 0 Å². The molecule has 0 saturated heterocycles. The molecule has 0 aliphatic heterocycles. The molecule has 3 atom stereocenters. The summed E-state index contributed by atoms with van der Waals surface area (Å²) in [6.45, 7) is 12.7. The van der Waals surface area contributed by atoms with Gasteiger partial charge in [0, 0.05) is 12.8 Å². The fourth-order valence-electron chi connectivity index (χ4n) is 6.86. The molecule has 0 heterocycles. The fourth-order valence-corrected chi connectivity index (χ4v) is 12.7. The highest BCUT2D eigenvalue weighted by molar-refractivity contribution is 6.92. The molecule has 0 saturated carbocycles. The zero-order valence-electron chi connectivity index (χ0n) is 29.6. The summed E-state index contributed by atoms with van der Waals surface area (Å²) in [7, 11) is -3.12. The molecule has 0 aliphatic rings. The van der Waals surface area contributed by atoms with Gasteiger partial charge in [0.05, 0.1) is 6.04 Å². The minimum Gasteiger partial charge on any atom is -0.512 e. The summed E-state index contributed by atoms with van der Waals surface area (Å²) >= 11 is 0. The van der Waals surface area contributed by atoms with Gasteiger partial charge in [0.1, 0.15) is 12.1 Å². The Bertz CT molecular complexity index is 1640. The van der Waals surface area contributed by atoms with Crippen LogP contribution in [-0.4, -0.2) is 44.2 Å². The van der Waals surface area contributed by atoms with Gasteiger partial charge < -0.3 is 20.8 Å². The first kappa shape index (κ1) is 37.3. The molecule has 0 bridgehead atoms. The number of nitrogens with one attached hydrogen (secondary N) is 2. The summed E-state index contributed by atoms with van der Waals surface area (Å²) in [5.41, 5.74) is 8.99. The van der Waals surface area contributed by atoms with Crippen molar-refractivity contribution in [1.29, 1.82) is 0 Å². The lowest BCUT2D eigenvalue weighted by molar-refractivity contribution is -0.141. The average molecular weight is 678 g/mol. The van der Waals surface area contributed by atoms with Crippen molar-refractivity contribution >= 4 is 31.3 Å². The molecule has 0 radical (unpaired) electrons. The predicted octanol–water partition coefficient (Wildman–Crippen LogP) is 6.01. The highest BCUT2D eigenvalue weighted by Crippen LogP contribution is 2.51. The molecular weight excluding hydrogens is 627 g/mol. The van der Waals surface area contributed by atoms with Crippen LogP contribution in [0.5, 0.6) is 0 Å². The molecule has 0 spiro atoms. The molecule has 7 nitrogen and oxygen atoms in total. The van der Waals surface area contributed by atoms with Crippen molar-refractivity contribution in [1.82, 2.24) is 10.6 Å². The summed E-state index contributed by atoms with van der Waals surface area (Å²) in [6, 6.07) is 35.7. The van der Waals surface area contributed by atoms with Crippen molar-refractivity contribution in [3.8, 4) is 0 Å². The highest BCUT2D eigenvalue weighted by atomic mass is 28.4. The smallest absolute Gasteiger partial charge is 0.316 e. The van der Waals surface area contributed by atoms with Gasteiger partial charge in [0.25, 0.3) is 8.32 Å². The van der Waals surface area contributed by atoms with Crippen LogP contribution in [0.1, 0.15) is 58.2 Å². The topological polar surface area (TPSA) is 111 Å². The first-order valence-electron chi connectivity index (χ1n) is 17.0. The zero-order chi connectivity index (χ0) is 35.7. The van der Waals surface area contributed by atoms with Crippen LogP contribution in [0.4, 0.5) is 0 Å². The van der Waals surface area contributed by atoms with Crippen molar-refractivity contribution in [2.75, 3.05) is 0 Å². The van der Waals surface area contributed by atoms with Crippen LogP contribution < -0.4 is 21.6 Å². The molecule has 0 aliphatic carbocycles. The molecule has 4 rings (SSSR count). The summed E-state index contributed by atoms with van der Waals surface area (Å²) in [5, 5.41) is 6.14. The summed E-state index contributed by atoms with van der Waals surface area (Å²) in [5.74, 6) is -1.43. The van der Waals surface area contributed by atoms with Gasteiger partial charge in [-0.2, -0.15) is 0 Å². The van der Waals surface area contributed by atoms with E-state index in [1.807, 2.05) is 121 Å². The Labute approximate surface area is 292 Å². The van der Waals surface area contributed by atoms with Crippen LogP contribution in [0.15, 0.2) is 121 Å². The second-order valence-electron chi connectivity index (χ2n) is 14.8. The standard InChI is InChI=1S/C41H51N3O4Si/c1-40(2,3)49(41(4,5)6,33-25-17-10-18-26-33)48-39(47)36(29-32-23-15-9-16-24-32)44-38(46)35(28-31-21-13-8-14-22-31)43-37(45)34(42)27-30-19-11-7-12-20-30/h7-26,34-36H,27-29,42H2,1-6H3,(H,43,45)(H,44,46)/t34-,35-,36-/m0/s1. The molecule has 4 aromatic carbocycles. The largest absolute Gasteiger partial charge is 0.512 e. The van der Waals surface area contributed by atoms with Crippen LogP contribution in [-0.2, 0) is 38.1 Å². The maximum absolute atomic E-state index is 14.6. The molecule has 49 heavy (non-hydrogen) atoms. The lowest BCUT2D eigenvalue weighted by Gasteiger charge is -2.50. The van der Waals surface area contributed by atoms with E-state index >= 15 is 0 Å². The normalized spacial score (nSPS) is 13.9. The number of hydrogen-bond acceptors (Lipinski definition) is 5. The van der Waals surface area contributed by atoms with E-state index in [0.29, 0.717) is 6.42 Å². The molecule has 2 amide bonds. The third-order valence-corrected chi connectivity index (χ3v) is 14.9. The Kier molecular flexibility index (Phi) is 12.4. The minimum atomic E-state index is -3.12. The van der Waals surface area contributed by atoms with E-state index < -0.39 is 44.2 Å². The lowest BCUT2D eigenvalue weighted by Crippen LogP contribution is -2.66. The number of carbonyl (C=O) groups is 3. The van der Waals surface area contributed by atoms with Gasteiger partial charge in [-0.3, -0.25) is 14.4 Å². The van der Waals surface area contributed by atoms with E-state index in [1.54, 1.807) is 0 Å². The number of hydrogen-bond donors (Lipinski definition) is 3. The molecule has 4 aromatic rings. The van der Waals surface area contributed by atoms with E-state index in [1.165, 1.54) is 0 Å². The predicted molar refractivity (Wildman–Crippen MR) is 200 cm³/mol. The second-order valence-corrected chi connectivity index (χ2v) is 19.9. The highest BCUT2D eigenvalue weighted by Gasteiger charge is 2.59. The van der Waals surface area contributed by atoms with Crippen molar-refractivity contribution in [3.05, 3.63) is 138 Å². The number of carbonyl (C=O) groups excluding carboxylic acids is 3. The van der Waals surface area contributed by atoms with Gasteiger partial charge in [-0.15, -0.1) is 0 Å². The van der Waals surface area contributed by atoms with Gasteiger partial charge in [-0.05, 0) is 38.4 Å². The third-order valence-electron chi connectivity index (χ3n) is 8.98. The Morgan fingerprint density at radius 2 is 0.939 bits per heavy atom. The maximum Gasteiger partial charge on any atom is 0.316 e. The van der Waals surface area contributed by atoms with Crippen LogP contribution in [0, 0.1) is 0 Å². The first-order valence-corrected chi connectivity index (χ1v) is 18.9. The van der Waals surface area contributed by atoms with Gasteiger partial charge in [-0.1, -0.05) is 163 Å². The van der Waals surface area contributed by atoms with E-state index in [-0.39, 0.29) is 22.9 Å². The Morgan fingerprint density at radius 3 is 1.37 bits per heavy atom. The summed E-state index contributed by atoms with van der Waals surface area (Å²) in [6.07, 6.45) is 0.760. The van der Waals surface area contributed by atoms with Gasteiger partial charge >= 0.3 is 5.97 Å². The van der Waals surface area contributed by atoms with E-state index in [9.17, 15) is 14.4 Å². The third kappa shape index (κ3) is 9.55. The quantitative estimate of drug-likeness (QED) is 0.150. The Morgan fingerprint density at radius 1 is 0.571 bits per heavy atom. The maximum atomic E-state index is 14.6. The molecule has 0 unspecified atom stereocenters. The van der Waals surface area contributed by atoms with Crippen molar-refractivity contribution < 1.29 is 18.8 Å². The van der Waals surface area contributed by atoms with E-state index in [2.05, 4.69) is 52.2 Å². The van der Waals surface area contributed by atoms with E-state index in [0.717, 1.165) is 21.9 Å². The van der Waals surface area contributed by atoms with Crippen molar-refractivity contribution in [2.24, 2.45) is 5.73 Å². The Balaban J connectivity index is 1.67. The summed E-state index contributed by atoms with van der Waals surface area (Å²) < 4.78 is 6.85. The minimum absolute atomic E-state index is 0.219.